The lowest BCUT2D eigenvalue weighted by atomic mass is 9.98. The predicted octanol–water partition coefficient (Wildman–Crippen LogP) is 5.21. The first-order valence-corrected chi connectivity index (χ1v) is 8.42. The van der Waals surface area contributed by atoms with E-state index in [1.165, 1.54) is 11.1 Å². The number of benzene rings is 3. The molecule has 0 amide bonds. The van der Waals surface area contributed by atoms with Crippen molar-refractivity contribution in [1.82, 2.24) is 9.97 Å². The highest BCUT2D eigenvalue weighted by Crippen LogP contribution is 2.29. The summed E-state index contributed by atoms with van der Waals surface area (Å²) in [4.78, 5) is 19.1. The number of H-pyrrole nitrogens is 1. The normalized spacial score (nSPS) is 11.0. The number of hydrogen-bond acceptors (Lipinski definition) is 2. The number of nitrogens with zero attached hydrogens (tertiary/aromatic N) is 1. The minimum Gasteiger partial charge on any atom is -0.478 e. The van der Waals surface area contributed by atoms with Gasteiger partial charge in [0.1, 0.15) is 11.3 Å². The molecule has 0 spiro atoms. The van der Waals surface area contributed by atoms with Crippen molar-refractivity contribution in [2.24, 2.45) is 0 Å². The monoisotopic (exact) mass is 342 g/mol. The molecule has 0 saturated carbocycles. The number of aromatic carboxylic acids is 1. The quantitative estimate of drug-likeness (QED) is 0.537. The third-order valence-electron chi connectivity index (χ3n) is 4.51. The fourth-order valence-corrected chi connectivity index (χ4v) is 3.25. The Kier molecular flexibility index (Phi) is 3.81. The van der Waals surface area contributed by atoms with Crippen LogP contribution in [0, 0.1) is 13.8 Å². The number of carbonyl (C=O) groups is 1. The van der Waals surface area contributed by atoms with E-state index in [0.717, 1.165) is 22.2 Å². The molecule has 26 heavy (non-hydrogen) atoms. The summed E-state index contributed by atoms with van der Waals surface area (Å²) in [5, 5.41) is 9.53. The van der Waals surface area contributed by atoms with E-state index in [1.807, 2.05) is 31.2 Å². The number of hydrogen-bond donors (Lipinski definition) is 2. The molecule has 0 aliphatic rings. The van der Waals surface area contributed by atoms with Gasteiger partial charge in [-0.1, -0.05) is 54.1 Å². The molecule has 2 N–H and O–H groups in total. The van der Waals surface area contributed by atoms with E-state index >= 15 is 0 Å². The SMILES string of the molecule is Cc1cccc(-c2ccc(-c3cc(C(=O)O)c4nc(C)[nH]c4c3)cc2)c1. The molecule has 0 unspecified atom stereocenters. The van der Waals surface area contributed by atoms with Crippen molar-refractivity contribution in [1.29, 1.82) is 0 Å². The maximum absolute atomic E-state index is 11.6. The van der Waals surface area contributed by atoms with Crippen LogP contribution in [0.15, 0.2) is 60.7 Å². The van der Waals surface area contributed by atoms with Crippen LogP contribution in [0.1, 0.15) is 21.7 Å². The summed E-state index contributed by atoms with van der Waals surface area (Å²) in [5.41, 5.74) is 6.79. The van der Waals surface area contributed by atoms with Gasteiger partial charge in [0.2, 0.25) is 0 Å². The van der Waals surface area contributed by atoms with Crippen molar-refractivity contribution < 1.29 is 9.90 Å². The summed E-state index contributed by atoms with van der Waals surface area (Å²) in [6.07, 6.45) is 0. The maximum atomic E-state index is 11.6. The second-order valence-corrected chi connectivity index (χ2v) is 6.49. The standard InChI is InChI=1S/C22H18N2O2/c1-13-4-3-5-17(10-13)15-6-8-16(9-7-15)18-11-19(22(25)26)21-20(12-18)23-14(2)24-21/h3-12H,1-2H3,(H,23,24)(H,25,26). The van der Waals surface area contributed by atoms with E-state index in [4.69, 9.17) is 0 Å². The molecule has 0 radical (unpaired) electrons. The van der Waals surface area contributed by atoms with Gasteiger partial charge >= 0.3 is 5.97 Å². The Morgan fingerprint density at radius 2 is 1.58 bits per heavy atom. The van der Waals surface area contributed by atoms with E-state index in [1.54, 1.807) is 6.07 Å². The molecule has 0 aliphatic heterocycles. The minimum atomic E-state index is -0.972. The largest absolute Gasteiger partial charge is 0.478 e. The smallest absolute Gasteiger partial charge is 0.337 e. The third-order valence-corrected chi connectivity index (χ3v) is 4.51. The average Bonchev–Trinajstić information content (AvgIpc) is 3.01. The van der Waals surface area contributed by atoms with Gasteiger partial charge in [-0.2, -0.15) is 0 Å². The van der Waals surface area contributed by atoms with Gasteiger partial charge in [0.25, 0.3) is 0 Å². The topological polar surface area (TPSA) is 66.0 Å². The molecule has 128 valence electrons. The van der Waals surface area contributed by atoms with Crippen LogP contribution >= 0.6 is 0 Å². The van der Waals surface area contributed by atoms with Crippen LogP contribution in [0.3, 0.4) is 0 Å². The van der Waals surface area contributed by atoms with Gasteiger partial charge in [0.15, 0.2) is 0 Å². The van der Waals surface area contributed by atoms with Gasteiger partial charge in [-0.25, -0.2) is 9.78 Å². The van der Waals surface area contributed by atoms with Gasteiger partial charge in [-0.3, -0.25) is 0 Å². The summed E-state index contributed by atoms with van der Waals surface area (Å²) in [5.74, 6) is -0.269. The molecule has 4 aromatic rings. The Hall–Kier alpha value is -3.40. The van der Waals surface area contributed by atoms with Crippen LogP contribution < -0.4 is 0 Å². The number of aromatic amines is 1. The number of aromatic nitrogens is 2. The summed E-state index contributed by atoms with van der Waals surface area (Å²) in [6, 6.07) is 20.2. The number of imidazole rings is 1. The molecule has 0 saturated heterocycles. The summed E-state index contributed by atoms with van der Waals surface area (Å²) >= 11 is 0. The van der Waals surface area contributed by atoms with E-state index < -0.39 is 5.97 Å². The number of carboxylic acid groups (broad SMARTS) is 1. The van der Waals surface area contributed by atoms with Crippen LogP contribution in [-0.2, 0) is 0 Å². The highest BCUT2D eigenvalue weighted by atomic mass is 16.4. The first-order chi connectivity index (χ1) is 12.5. The lowest BCUT2D eigenvalue weighted by Gasteiger charge is -2.07. The number of fused-ring (bicyclic) bond motifs is 1. The molecule has 1 heterocycles. The summed E-state index contributed by atoms with van der Waals surface area (Å²) in [6.45, 7) is 3.90. The molecule has 4 nitrogen and oxygen atoms in total. The van der Waals surface area contributed by atoms with Gasteiger partial charge in [-0.15, -0.1) is 0 Å². The number of nitrogens with one attached hydrogen (secondary N) is 1. The third kappa shape index (κ3) is 2.86. The molecule has 0 fully saturated rings. The van der Waals surface area contributed by atoms with E-state index in [9.17, 15) is 9.90 Å². The molecule has 0 bridgehead atoms. The zero-order valence-electron chi connectivity index (χ0n) is 14.6. The second-order valence-electron chi connectivity index (χ2n) is 6.49. The van der Waals surface area contributed by atoms with Crippen LogP contribution in [0.25, 0.3) is 33.3 Å². The van der Waals surface area contributed by atoms with Gasteiger partial charge in [0, 0.05) is 0 Å². The number of carboxylic acids is 1. The highest BCUT2D eigenvalue weighted by Gasteiger charge is 2.14. The van der Waals surface area contributed by atoms with Crippen LogP contribution in [0.5, 0.6) is 0 Å². The molecule has 4 rings (SSSR count). The van der Waals surface area contributed by atoms with E-state index in [2.05, 4.69) is 47.2 Å². The Morgan fingerprint density at radius 3 is 2.23 bits per heavy atom. The maximum Gasteiger partial charge on any atom is 0.337 e. The fraction of sp³-hybridized carbons (Fsp3) is 0.0909. The van der Waals surface area contributed by atoms with Gasteiger partial charge in [0.05, 0.1) is 11.1 Å². The summed E-state index contributed by atoms with van der Waals surface area (Å²) in [7, 11) is 0. The van der Waals surface area contributed by atoms with Crippen LogP contribution in [-0.4, -0.2) is 21.0 Å². The number of rotatable bonds is 3. The zero-order valence-corrected chi connectivity index (χ0v) is 14.6. The van der Waals surface area contributed by atoms with Crippen molar-refractivity contribution in [3.05, 3.63) is 77.6 Å². The van der Waals surface area contributed by atoms with E-state index in [0.29, 0.717) is 11.3 Å². The lowest BCUT2D eigenvalue weighted by molar-refractivity contribution is 0.0699. The summed E-state index contributed by atoms with van der Waals surface area (Å²) < 4.78 is 0. The lowest BCUT2D eigenvalue weighted by Crippen LogP contribution is -1.98. The first kappa shape index (κ1) is 16.1. The highest BCUT2D eigenvalue weighted by molar-refractivity contribution is 6.03. The molecular formula is C22H18N2O2. The molecule has 0 atom stereocenters. The predicted molar refractivity (Wildman–Crippen MR) is 103 cm³/mol. The minimum absolute atomic E-state index is 0.213. The average molecular weight is 342 g/mol. The van der Waals surface area contributed by atoms with Crippen molar-refractivity contribution in [2.75, 3.05) is 0 Å². The molecule has 3 aromatic carbocycles. The first-order valence-electron chi connectivity index (χ1n) is 8.42. The Bertz CT molecular complexity index is 1120. The number of aryl methyl sites for hydroxylation is 2. The zero-order chi connectivity index (χ0) is 18.3. The van der Waals surface area contributed by atoms with E-state index in [-0.39, 0.29) is 5.56 Å². The van der Waals surface area contributed by atoms with Crippen LogP contribution in [0.4, 0.5) is 0 Å². The molecule has 0 aliphatic carbocycles. The second kappa shape index (κ2) is 6.15. The Labute approximate surface area is 151 Å². The van der Waals surface area contributed by atoms with Crippen LogP contribution in [0.2, 0.25) is 0 Å². The van der Waals surface area contributed by atoms with Crippen molar-refractivity contribution in [2.45, 2.75) is 13.8 Å². The Morgan fingerprint density at radius 1 is 0.885 bits per heavy atom. The fourth-order valence-electron chi connectivity index (χ4n) is 3.25. The van der Waals surface area contributed by atoms with Gasteiger partial charge in [-0.05, 0) is 48.2 Å². The molecular weight excluding hydrogens is 324 g/mol. The molecule has 4 heteroatoms. The molecule has 1 aromatic heterocycles. The van der Waals surface area contributed by atoms with Gasteiger partial charge < -0.3 is 10.1 Å². The van der Waals surface area contributed by atoms with Crippen molar-refractivity contribution in [3.8, 4) is 22.3 Å². The Balaban J connectivity index is 1.79. The van der Waals surface area contributed by atoms with Crippen molar-refractivity contribution in [3.63, 3.8) is 0 Å². The van der Waals surface area contributed by atoms with Crippen molar-refractivity contribution >= 4 is 17.0 Å².